The van der Waals surface area contributed by atoms with Gasteiger partial charge in [0, 0.05) is 0 Å². The van der Waals surface area contributed by atoms with Gasteiger partial charge in [0.15, 0.2) is 5.06 Å². The lowest BCUT2D eigenvalue weighted by molar-refractivity contribution is 0.178. The fourth-order valence-corrected chi connectivity index (χ4v) is 2.82. The van der Waals surface area contributed by atoms with Gasteiger partial charge in [0.05, 0.1) is 6.10 Å². The van der Waals surface area contributed by atoms with Crippen molar-refractivity contribution in [2.24, 2.45) is 0 Å². The molecule has 1 unspecified atom stereocenters. The molecule has 0 aliphatic rings. The van der Waals surface area contributed by atoms with Crippen molar-refractivity contribution in [3.8, 4) is 5.06 Å². The molecule has 1 aromatic heterocycles. The fraction of sp³-hybridized carbons (Fsp3) is 0.750. The van der Waals surface area contributed by atoms with E-state index in [1.54, 1.807) is 11.3 Å². The largest absolute Gasteiger partial charge is 0.481 e. The van der Waals surface area contributed by atoms with Crippen molar-refractivity contribution in [2.75, 3.05) is 0 Å². The van der Waals surface area contributed by atoms with Crippen molar-refractivity contribution in [1.82, 2.24) is 0 Å². The number of rotatable bonds is 11. The molecule has 0 aliphatic carbocycles. The van der Waals surface area contributed by atoms with Crippen LogP contribution in [0, 0.1) is 0 Å². The van der Waals surface area contributed by atoms with E-state index in [4.69, 9.17) is 4.74 Å². The van der Waals surface area contributed by atoms with Crippen LogP contribution in [0.3, 0.4) is 0 Å². The second kappa shape index (κ2) is 10.4. The molecule has 0 fully saturated rings. The summed E-state index contributed by atoms with van der Waals surface area (Å²) in [6, 6.07) is 4.16. The maximum atomic E-state index is 6.10. The van der Waals surface area contributed by atoms with Crippen molar-refractivity contribution in [2.45, 2.75) is 77.7 Å². The summed E-state index contributed by atoms with van der Waals surface area (Å²) in [6.07, 6.45) is 12.2. The zero-order valence-electron chi connectivity index (χ0n) is 12.0. The molecule has 0 N–H and O–H groups in total. The quantitative estimate of drug-likeness (QED) is 0.444. The normalized spacial score (nSPS) is 12.6. The van der Waals surface area contributed by atoms with Gasteiger partial charge in [-0.15, -0.1) is 11.3 Å². The topological polar surface area (TPSA) is 9.23 Å². The number of thiophene rings is 1. The van der Waals surface area contributed by atoms with Crippen LogP contribution in [0.5, 0.6) is 5.06 Å². The number of hydrogen-bond donors (Lipinski definition) is 0. The minimum absolute atomic E-state index is 0.437. The summed E-state index contributed by atoms with van der Waals surface area (Å²) in [5, 5.41) is 3.18. The van der Waals surface area contributed by atoms with E-state index in [1.165, 1.54) is 57.8 Å². The number of ether oxygens (including phenoxy) is 1. The summed E-state index contributed by atoms with van der Waals surface area (Å²) < 4.78 is 6.10. The average Bonchev–Trinajstić information content (AvgIpc) is 2.87. The first-order valence-corrected chi connectivity index (χ1v) is 8.45. The lowest BCUT2D eigenvalue weighted by Crippen LogP contribution is -2.16. The molecule has 0 aliphatic heterocycles. The molecule has 1 rings (SSSR count). The van der Waals surface area contributed by atoms with Crippen molar-refractivity contribution in [3.05, 3.63) is 17.5 Å². The first kappa shape index (κ1) is 15.6. The summed E-state index contributed by atoms with van der Waals surface area (Å²) in [6.45, 7) is 4.53. The highest BCUT2D eigenvalue weighted by molar-refractivity contribution is 7.11. The average molecular weight is 268 g/mol. The maximum Gasteiger partial charge on any atom is 0.174 e. The summed E-state index contributed by atoms with van der Waals surface area (Å²) in [7, 11) is 0. The van der Waals surface area contributed by atoms with Crippen molar-refractivity contribution >= 4 is 11.3 Å². The summed E-state index contributed by atoms with van der Waals surface area (Å²) in [5.74, 6) is 0. The van der Waals surface area contributed by atoms with Crippen molar-refractivity contribution in [3.63, 3.8) is 0 Å². The van der Waals surface area contributed by atoms with Crippen LogP contribution in [0.1, 0.15) is 71.6 Å². The predicted octanol–water partition coefficient (Wildman–Crippen LogP) is 6.05. The monoisotopic (exact) mass is 268 g/mol. The molecule has 1 atom stereocenters. The Bertz CT molecular complexity index is 269. The van der Waals surface area contributed by atoms with Crippen LogP contribution in [0.25, 0.3) is 0 Å². The Hall–Kier alpha value is -0.500. The van der Waals surface area contributed by atoms with Gasteiger partial charge in [0.2, 0.25) is 0 Å². The molecule has 0 spiro atoms. The van der Waals surface area contributed by atoms with E-state index >= 15 is 0 Å². The summed E-state index contributed by atoms with van der Waals surface area (Å²) in [4.78, 5) is 0. The summed E-state index contributed by atoms with van der Waals surface area (Å²) >= 11 is 1.71. The van der Waals surface area contributed by atoms with E-state index < -0.39 is 0 Å². The Kier molecular flexibility index (Phi) is 9.01. The molecule has 104 valence electrons. The molecule has 0 saturated heterocycles. The molecule has 0 saturated carbocycles. The van der Waals surface area contributed by atoms with Crippen LogP contribution < -0.4 is 4.74 Å². The lowest BCUT2D eigenvalue weighted by atomic mass is 10.0. The van der Waals surface area contributed by atoms with E-state index in [1.807, 2.05) is 0 Å². The Balaban J connectivity index is 2.27. The standard InChI is InChI=1S/C16H28OS/c1-3-5-7-9-12-15(11-8-6-4-2)17-16-13-10-14-18-16/h10,13-15H,3-9,11-12H2,1-2H3. The predicted molar refractivity (Wildman–Crippen MR) is 81.6 cm³/mol. The zero-order chi connectivity index (χ0) is 13.1. The third kappa shape index (κ3) is 7.05. The molecular weight excluding hydrogens is 240 g/mol. The van der Waals surface area contributed by atoms with Crippen LogP contribution in [0.2, 0.25) is 0 Å². The highest BCUT2D eigenvalue weighted by Gasteiger charge is 2.10. The molecule has 1 nitrogen and oxygen atoms in total. The Labute approximate surface area is 117 Å². The third-order valence-corrected chi connectivity index (χ3v) is 4.05. The molecule has 0 aromatic carbocycles. The third-order valence-electron chi connectivity index (χ3n) is 3.29. The molecule has 1 heterocycles. The van der Waals surface area contributed by atoms with Crippen molar-refractivity contribution < 1.29 is 4.74 Å². The van der Waals surface area contributed by atoms with Gasteiger partial charge in [-0.1, -0.05) is 46.0 Å². The Morgan fingerprint density at radius 1 is 1.00 bits per heavy atom. The van der Waals surface area contributed by atoms with Gasteiger partial charge < -0.3 is 4.74 Å². The second-order valence-electron chi connectivity index (χ2n) is 5.02. The van der Waals surface area contributed by atoms with E-state index in [0.717, 1.165) is 5.06 Å². The van der Waals surface area contributed by atoms with E-state index in [0.29, 0.717) is 6.10 Å². The van der Waals surface area contributed by atoms with E-state index in [2.05, 4.69) is 31.4 Å². The first-order valence-electron chi connectivity index (χ1n) is 7.57. The molecule has 1 aromatic rings. The molecule has 0 bridgehead atoms. The Morgan fingerprint density at radius 2 is 1.67 bits per heavy atom. The summed E-state index contributed by atoms with van der Waals surface area (Å²) in [5.41, 5.74) is 0. The van der Waals surface area contributed by atoms with Crippen LogP contribution >= 0.6 is 11.3 Å². The second-order valence-corrected chi connectivity index (χ2v) is 5.93. The lowest BCUT2D eigenvalue weighted by Gasteiger charge is -2.18. The minimum atomic E-state index is 0.437. The Morgan fingerprint density at radius 3 is 2.28 bits per heavy atom. The van der Waals surface area contributed by atoms with Crippen LogP contribution in [-0.2, 0) is 0 Å². The number of unbranched alkanes of at least 4 members (excludes halogenated alkanes) is 5. The van der Waals surface area contributed by atoms with Gasteiger partial charge >= 0.3 is 0 Å². The van der Waals surface area contributed by atoms with Crippen LogP contribution in [0.15, 0.2) is 17.5 Å². The van der Waals surface area contributed by atoms with Crippen molar-refractivity contribution in [1.29, 1.82) is 0 Å². The van der Waals surface area contributed by atoms with Gasteiger partial charge in [0.25, 0.3) is 0 Å². The molecule has 0 amide bonds. The molecule has 0 radical (unpaired) electrons. The SMILES string of the molecule is CCCCCCC(CCCCC)Oc1cccs1. The zero-order valence-corrected chi connectivity index (χ0v) is 12.8. The van der Waals surface area contributed by atoms with Crippen LogP contribution in [-0.4, -0.2) is 6.10 Å². The smallest absolute Gasteiger partial charge is 0.174 e. The highest BCUT2D eigenvalue weighted by atomic mass is 32.1. The number of hydrogen-bond acceptors (Lipinski definition) is 2. The molecule has 18 heavy (non-hydrogen) atoms. The molecule has 2 heteroatoms. The van der Waals surface area contributed by atoms with E-state index in [9.17, 15) is 0 Å². The van der Waals surface area contributed by atoms with E-state index in [-0.39, 0.29) is 0 Å². The first-order chi connectivity index (χ1) is 8.86. The highest BCUT2D eigenvalue weighted by Crippen LogP contribution is 2.23. The van der Waals surface area contributed by atoms with Gasteiger partial charge in [-0.3, -0.25) is 0 Å². The van der Waals surface area contributed by atoms with Gasteiger partial charge in [0.1, 0.15) is 0 Å². The van der Waals surface area contributed by atoms with Crippen LogP contribution in [0.4, 0.5) is 0 Å². The minimum Gasteiger partial charge on any atom is -0.481 e. The fourth-order valence-electron chi connectivity index (χ4n) is 2.18. The van der Waals surface area contributed by atoms with Gasteiger partial charge in [-0.05, 0) is 43.2 Å². The van der Waals surface area contributed by atoms with Gasteiger partial charge in [-0.25, -0.2) is 0 Å². The van der Waals surface area contributed by atoms with Gasteiger partial charge in [-0.2, -0.15) is 0 Å². The molecular formula is C16H28OS. The maximum absolute atomic E-state index is 6.10.